The molecule has 0 spiro atoms. The molecule has 6 heteroatoms. The fraction of sp³-hybridized carbons (Fsp3) is 0.125. The van der Waals surface area contributed by atoms with Gasteiger partial charge in [0.1, 0.15) is 0 Å². The molecule has 0 bridgehead atoms. The Morgan fingerprint density at radius 3 is 2.27 bits per heavy atom. The van der Waals surface area contributed by atoms with Gasteiger partial charge in [0.25, 0.3) is 0 Å². The number of hydrogen-bond acceptors (Lipinski definition) is 3. The van der Waals surface area contributed by atoms with Crippen LogP contribution in [0.1, 0.15) is 15.9 Å². The maximum atomic E-state index is 11.8. The van der Waals surface area contributed by atoms with Crippen molar-refractivity contribution in [1.29, 1.82) is 0 Å². The molecule has 0 aromatic heterocycles. The van der Waals surface area contributed by atoms with E-state index in [2.05, 4.69) is 31.3 Å². The summed E-state index contributed by atoms with van der Waals surface area (Å²) in [4.78, 5) is 23.1. The number of ether oxygens (including phenoxy) is 1. The lowest BCUT2D eigenvalue weighted by molar-refractivity contribution is 0.0601. The summed E-state index contributed by atoms with van der Waals surface area (Å²) in [6, 6.07) is 13.9. The van der Waals surface area contributed by atoms with Gasteiger partial charge < -0.3 is 15.4 Å². The van der Waals surface area contributed by atoms with E-state index in [1.165, 1.54) is 7.11 Å². The van der Waals surface area contributed by atoms with Gasteiger partial charge in [0.15, 0.2) is 0 Å². The summed E-state index contributed by atoms with van der Waals surface area (Å²) < 4.78 is 5.60. The lowest BCUT2D eigenvalue weighted by Gasteiger charge is -2.08. The van der Waals surface area contributed by atoms with Crippen molar-refractivity contribution in [2.45, 2.75) is 6.54 Å². The number of esters is 1. The highest BCUT2D eigenvalue weighted by Crippen LogP contribution is 2.11. The molecule has 114 valence electrons. The number of carbonyl (C=O) groups excluding carboxylic acids is 2. The first-order valence-corrected chi connectivity index (χ1v) is 7.35. The third-order valence-electron chi connectivity index (χ3n) is 2.93. The molecule has 0 saturated carbocycles. The Kier molecular flexibility index (Phi) is 5.55. The van der Waals surface area contributed by atoms with Crippen LogP contribution >= 0.6 is 15.9 Å². The van der Waals surface area contributed by atoms with Gasteiger partial charge in [-0.25, -0.2) is 9.59 Å². The zero-order chi connectivity index (χ0) is 15.9. The first-order valence-electron chi connectivity index (χ1n) is 6.56. The van der Waals surface area contributed by atoms with Gasteiger partial charge in [-0.05, 0) is 42.0 Å². The molecule has 0 fully saturated rings. The van der Waals surface area contributed by atoms with E-state index in [1.807, 2.05) is 24.3 Å². The van der Waals surface area contributed by atoms with Crippen LogP contribution in [0.3, 0.4) is 0 Å². The molecule has 0 unspecified atom stereocenters. The quantitative estimate of drug-likeness (QED) is 0.817. The number of hydrogen-bond donors (Lipinski definition) is 2. The number of methoxy groups -OCH3 is 1. The van der Waals surface area contributed by atoms with Crippen LogP contribution in [0.5, 0.6) is 0 Å². The van der Waals surface area contributed by atoms with E-state index in [4.69, 9.17) is 0 Å². The molecule has 0 saturated heterocycles. The first kappa shape index (κ1) is 16.0. The van der Waals surface area contributed by atoms with Crippen molar-refractivity contribution >= 4 is 33.6 Å². The van der Waals surface area contributed by atoms with Crippen LogP contribution in [-0.4, -0.2) is 19.1 Å². The Morgan fingerprint density at radius 2 is 1.68 bits per heavy atom. The van der Waals surface area contributed by atoms with E-state index in [0.717, 1.165) is 10.0 Å². The van der Waals surface area contributed by atoms with Crippen molar-refractivity contribution in [2.24, 2.45) is 0 Å². The molecule has 5 nitrogen and oxygen atoms in total. The smallest absolute Gasteiger partial charge is 0.337 e. The minimum atomic E-state index is -0.411. The summed E-state index contributed by atoms with van der Waals surface area (Å²) in [6.07, 6.45) is 0. The molecular formula is C16H15BrN2O3. The number of rotatable bonds is 4. The monoisotopic (exact) mass is 362 g/mol. The largest absolute Gasteiger partial charge is 0.465 e. The van der Waals surface area contributed by atoms with Crippen LogP contribution in [0.15, 0.2) is 53.0 Å². The number of anilines is 1. The van der Waals surface area contributed by atoms with Gasteiger partial charge in [0.05, 0.1) is 12.7 Å². The van der Waals surface area contributed by atoms with Crippen LogP contribution in [0, 0.1) is 0 Å². The maximum Gasteiger partial charge on any atom is 0.337 e. The van der Waals surface area contributed by atoms with Gasteiger partial charge in [-0.1, -0.05) is 28.1 Å². The Hall–Kier alpha value is -2.34. The zero-order valence-electron chi connectivity index (χ0n) is 11.9. The summed E-state index contributed by atoms with van der Waals surface area (Å²) >= 11 is 3.36. The lowest BCUT2D eigenvalue weighted by atomic mass is 10.2. The molecule has 2 N–H and O–H groups in total. The number of carbonyl (C=O) groups is 2. The number of amides is 2. The zero-order valence-corrected chi connectivity index (χ0v) is 13.5. The Balaban J connectivity index is 1.86. The Morgan fingerprint density at radius 1 is 1.05 bits per heavy atom. The second-order valence-electron chi connectivity index (χ2n) is 4.50. The third kappa shape index (κ3) is 4.60. The Bertz CT molecular complexity index is 654. The first-order chi connectivity index (χ1) is 10.6. The molecule has 0 atom stereocenters. The summed E-state index contributed by atoms with van der Waals surface area (Å²) in [5.74, 6) is -0.411. The Labute approximate surface area is 136 Å². The third-order valence-corrected chi connectivity index (χ3v) is 3.46. The van der Waals surface area contributed by atoms with Crippen LogP contribution in [0.25, 0.3) is 0 Å². The predicted molar refractivity (Wildman–Crippen MR) is 87.8 cm³/mol. The van der Waals surface area contributed by atoms with Gasteiger partial charge in [-0.3, -0.25) is 0 Å². The standard InChI is InChI=1S/C16H15BrN2O3/c1-22-15(20)12-4-8-14(9-5-12)19-16(21)18-10-11-2-6-13(17)7-3-11/h2-9H,10H2,1H3,(H2,18,19,21). The summed E-state index contributed by atoms with van der Waals surface area (Å²) in [5, 5.41) is 5.45. The van der Waals surface area contributed by atoms with Crippen molar-refractivity contribution in [3.63, 3.8) is 0 Å². The van der Waals surface area contributed by atoms with Gasteiger partial charge >= 0.3 is 12.0 Å². The average molecular weight is 363 g/mol. The second kappa shape index (κ2) is 7.61. The summed E-state index contributed by atoms with van der Waals surface area (Å²) in [6.45, 7) is 0.430. The molecule has 0 aliphatic carbocycles. The van der Waals surface area contributed by atoms with E-state index in [1.54, 1.807) is 24.3 Å². The fourth-order valence-electron chi connectivity index (χ4n) is 1.77. The summed E-state index contributed by atoms with van der Waals surface area (Å²) in [5.41, 5.74) is 2.03. The van der Waals surface area contributed by atoms with Gasteiger partial charge in [0.2, 0.25) is 0 Å². The van der Waals surface area contributed by atoms with Crippen molar-refractivity contribution in [2.75, 3.05) is 12.4 Å². The molecule has 0 radical (unpaired) electrons. The van der Waals surface area contributed by atoms with Crippen LogP contribution in [0.2, 0.25) is 0 Å². The molecule has 0 aliphatic rings. The molecule has 22 heavy (non-hydrogen) atoms. The average Bonchev–Trinajstić information content (AvgIpc) is 2.54. The van der Waals surface area contributed by atoms with Gasteiger partial charge in [-0.2, -0.15) is 0 Å². The van der Waals surface area contributed by atoms with E-state index >= 15 is 0 Å². The molecule has 0 heterocycles. The number of urea groups is 1. The van der Waals surface area contributed by atoms with E-state index in [-0.39, 0.29) is 6.03 Å². The van der Waals surface area contributed by atoms with Crippen LogP contribution < -0.4 is 10.6 Å². The maximum absolute atomic E-state index is 11.8. The number of nitrogens with one attached hydrogen (secondary N) is 2. The molecule has 2 rings (SSSR count). The molecular weight excluding hydrogens is 348 g/mol. The highest BCUT2D eigenvalue weighted by atomic mass is 79.9. The SMILES string of the molecule is COC(=O)c1ccc(NC(=O)NCc2ccc(Br)cc2)cc1. The van der Waals surface area contributed by atoms with E-state index in [0.29, 0.717) is 17.8 Å². The van der Waals surface area contributed by atoms with Crippen LogP contribution in [0.4, 0.5) is 10.5 Å². The second-order valence-corrected chi connectivity index (χ2v) is 5.42. The van der Waals surface area contributed by atoms with Gasteiger partial charge in [-0.15, -0.1) is 0 Å². The van der Waals surface area contributed by atoms with Crippen molar-refractivity contribution < 1.29 is 14.3 Å². The molecule has 2 aromatic carbocycles. The topological polar surface area (TPSA) is 67.4 Å². The minimum Gasteiger partial charge on any atom is -0.465 e. The van der Waals surface area contributed by atoms with Crippen molar-refractivity contribution in [3.05, 3.63) is 64.1 Å². The lowest BCUT2D eigenvalue weighted by Crippen LogP contribution is -2.28. The van der Waals surface area contributed by atoms with Gasteiger partial charge in [0, 0.05) is 16.7 Å². The van der Waals surface area contributed by atoms with Crippen LogP contribution in [-0.2, 0) is 11.3 Å². The minimum absolute atomic E-state index is 0.311. The molecule has 2 aromatic rings. The normalized spacial score (nSPS) is 9.91. The highest BCUT2D eigenvalue weighted by Gasteiger charge is 2.06. The number of benzene rings is 2. The predicted octanol–water partition coefficient (Wildman–Crippen LogP) is 3.56. The van der Waals surface area contributed by atoms with E-state index < -0.39 is 5.97 Å². The number of halogens is 1. The van der Waals surface area contributed by atoms with Crippen molar-refractivity contribution in [1.82, 2.24) is 5.32 Å². The fourth-order valence-corrected chi connectivity index (χ4v) is 2.03. The van der Waals surface area contributed by atoms with E-state index in [9.17, 15) is 9.59 Å². The molecule has 2 amide bonds. The molecule has 0 aliphatic heterocycles. The summed E-state index contributed by atoms with van der Waals surface area (Å²) in [7, 11) is 1.32. The van der Waals surface area contributed by atoms with Crippen molar-refractivity contribution in [3.8, 4) is 0 Å². The highest BCUT2D eigenvalue weighted by molar-refractivity contribution is 9.10.